The zero-order valence-electron chi connectivity index (χ0n) is 23.7. The Bertz CT molecular complexity index is 2460. The van der Waals surface area contributed by atoms with Gasteiger partial charge in [0.05, 0.1) is 40.2 Å². The molecule has 5 heteroatoms. The summed E-state index contributed by atoms with van der Waals surface area (Å²) >= 11 is 0. The van der Waals surface area contributed by atoms with Crippen LogP contribution in [0.2, 0.25) is 0 Å². The fourth-order valence-electron chi connectivity index (χ4n) is 6.51. The third-order valence-electron chi connectivity index (χ3n) is 8.49. The summed E-state index contributed by atoms with van der Waals surface area (Å²) in [4.78, 5) is 14.8. The highest BCUT2D eigenvalue weighted by atomic mass is 15.1. The number of aromatic nitrogens is 5. The fraction of sp³-hybridized carbons (Fsp3) is 0. The quantitative estimate of drug-likeness (QED) is 0.214. The van der Waals surface area contributed by atoms with Gasteiger partial charge >= 0.3 is 0 Å². The fourth-order valence-corrected chi connectivity index (χ4v) is 6.51. The highest BCUT2D eigenvalue weighted by molar-refractivity contribution is 6.26. The molecule has 0 saturated heterocycles. The first-order valence-corrected chi connectivity index (χ1v) is 14.7. The zero-order valence-corrected chi connectivity index (χ0v) is 23.7. The van der Waals surface area contributed by atoms with Gasteiger partial charge in [-0.1, -0.05) is 103 Å². The van der Waals surface area contributed by atoms with Gasteiger partial charge in [0.2, 0.25) is 0 Å². The third-order valence-corrected chi connectivity index (χ3v) is 8.49. The molecular weight excluding hydrogens is 538 g/mol. The third kappa shape index (κ3) is 3.69. The molecule has 0 aliphatic rings. The van der Waals surface area contributed by atoms with Crippen molar-refractivity contribution < 1.29 is 0 Å². The second kappa shape index (κ2) is 9.75. The first-order valence-electron chi connectivity index (χ1n) is 14.7. The Labute approximate surface area is 253 Å². The number of pyridine rings is 1. The van der Waals surface area contributed by atoms with Gasteiger partial charge in [0.1, 0.15) is 5.82 Å². The Morgan fingerprint density at radius 2 is 1.02 bits per heavy atom. The number of benzene rings is 5. The first kappa shape index (κ1) is 24.5. The van der Waals surface area contributed by atoms with Crippen molar-refractivity contribution in [2.75, 3.05) is 0 Å². The molecule has 206 valence electrons. The highest BCUT2D eigenvalue weighted by Crippen LogP contribution is 2.41. The van der Waals surface area contributed by atoms with Crippen molar-refractivity contribution in [3.63, 3.8) is 0 Å². The van der Waals surface area contributed by atoms with Crippen LogP contribution in [0.4, 0.5) is 0 Å². The van der Waals surface area contributed by atoms with E-state index in [0.717, 1.165) is 66.9 Å². The van der Waals surface area contributed by atoms with Crippen LogP contribution in [-0.4, -0.2) is 24.1 Å². The average molecular weight is 564 g/mol. The van der Waals surface area contributed by atoms with Crippen LogP contribution in [0.3, 0.4) is 0 Å². The summed E-state index contributed by atoms with van der Waals surface area (Å²) in [6, 6.07) is 46.4. The van der Waals surface area contributed by atoms with Gasteiger partial charge in [-0.3, -0.25) is 14.1 Å². The number of rotatable bonds is 4. The molecule has 4 aromatic heterocycles. The lowest BCUT2D eigenvalue weighted by atomic mass is 10.1. The van der Waals surface area contributed by atoms with Crippen molar-refractivity contribution in [3.8, 4) is 34.0 Å². The van der Waals surface area contributed by atoms with E-state index in [2.05, 4.69) is 118 Å². The van der Waals surface area contributed by atoms with Gasteiger partial charge in [-0.2, -0.15) is 0 Å². The van der Waals surface area contributed by atoms with Gasteiger partial charge < -0.3 is 0 Å². The van der Waals surface area contributed by atoms with Gasteiger partial charge in [-0.25, -0.2) is 9.97 Å². The van der Waals surface area contributed by atoms with Crippen molar-refractivity contribution in [2.24, 2.45) is 0 Å². The van der Waals surface area contributed by atoms with Crippen molar-refractivity contribution in [1.29, 1.82) is 0 Å². The average Bonchev–Trinajstić information content (AvgIpc) is 3.62. The van der Waals surface area contributed by atoms with E-state index in [9.17, 15) is 0 Å². The highest BCUT2D eigenvalue weighted by Gasteiger charge is 2.21. The minimum absolute atomic E-state index is 0.781. The first-order chi connectivity index (χ1) is 21.8. The van der Waals surface area contributed by atoms with Crippen molar-refractivity contribution in [2.45, 2.75) is 0 Å². The second-order valence-corrected chi connectivity index (χ2v) is 11.0. The van der Waals surface area contributed by atoms with Crippen molar-refractivity contribution >= 4 is 43.6 Å². The molecule has 0 N–H and O–H groups in total. The van der Waals surface area contributed by atoms with Gasteiger partial charge in [0.25, 0.3) is 0 Å². The molecule has 0 radical (unpaired) electrons. The van der Waals surface area contributed by atoms with Crippen LogP contribution in [0.5, 0.6) is 0 Å². The van der Waals surface area contributed by atoms with E-state index in [0.29, 0.717) is 0 Å². The maximum atomic E-state index is 5.02. The van der Waals surface area contributed by atoms with Crippen LogP contribution in [0.1, 0.15) is 0 Å². The van der Waals surface area contributed by atoms with Gasteiger partial charge in [-0.15, -0.1) is 0 Å². The topological polar surface area (TPSA) is 48.5 Å². The van der Waals surface area contributed by atoms with E-state index in [1.807, 2.05) is 42.9 Å². The Morgan fingerprint density at radius 1 is 0.364 bits per heavy atom. The van der Waals surface area contributed by atoms with E-state index in [-0.39, 0.29) is 0 Å². The number of para-hydroxylation sites is 2. The van der Waals surface area contributed by atoms with E-state index in [1.54, 1.807) is 0 Å². The van der Waals surface area contributed by atoms with E-state index in [1.165, 1.54) is 10.8 Å². The summed E-state index contributed by atoms with van der Waals surface area (Å²) in [6.07, 6.45) is 5.70. The molecule has 0 aliphatic carbocycles. The smallest absolute Gasteiger partial charge is 0.156 e. The zero-order chi connectivity index (χ0) is 29.0. The lowest BCUT2D eigenvalue weighted by Crippen LogP contribution is -1.99. The molecule has 9 aromatic rings. The summed E-state index contributed by atoms with van der Waals surface area (Å²) in [5.41, 5.74) is 8.55. The van der Waals surface area contributed by atoms with Crippen LogP contribution in [0.25, 0.3) is 77.6 Å². The predicted molar refractivity (Wildman–Crippen MR) is 179 cm³/mol. The molecule has 0 bridgehead atoms. The molecular formula is C39H25N5. The number of hydrogen-bond donors (Lipinski definition) is 0. The number of fused-ring (bicyclic) bond motifs is 7. The van der Waals surface area contributed by atoms with Crippen molar-refractivity contribution in [3.05, 3.63) is 152 Å². The van der Waals surface area contributed by atoms with Gasteiger partial charge in [-0.05, 0) is 35.9 Å². The van der Waals surface area contributed by atoms with E-state index in [4.69, 9.17) is 15.0 Å². The molecule has 5 nitrogen and oxygen atoms in total. The molecule has 0 unspecified atom stereocenters. The summed E-state index contributed by atoms with van der Waals surface area (Å²) < 4.78 is 4.53. The largest absolute Gasteiger partial charge is 0.293 e. The molecule has 44 heavy (non-hydrogen) atoms. The van der Waals surface area contributed by atoms with Crippen LogP contribution in [0.15, 0.2) is 152 Å². The van der Waals surface area contributed by atoms with Crippen LogP contribution >= 0.6 is 0 Å². The molecule has 5 aromatic carbocycles. The lowest BCUT2D eigenvalue weighted by molar-refractivity contribution is 1.04. The normalized spacial score (nSPS) is 11.6. The van der Waals surface area contributed by atoms with Gasteiger partial charge in [0, 0.05) is 38.9 Å². The molecule has 9 rings (SSSR count). The maximum absolute atomic E-state index is 5.02. The molecule has 0 atom stereocenters. The number of nitrogens with zero attached hydrogens (tertiary/aromatic N) is 5. The Balaban J connectivity index is 1.32. The number of hydrogen-bond acceptors (Lipinski definition) is 3. The van der Waals surface area contributed by atoms with Crippen molar-refractivity contribution in [1.82, 2.24) is 24.1 Å². The molecule has 0 aliphatic heterocycles. The molecule has 0 amide bonds. The van der Waals surface area contributed by atoms with E-state index < -0.39 is 0 Å². The van der Waals surface area contributed by atoms with Gasteiger partial charge in [0.15, 0.2) is 5.82 Å². The Kier molecular flexibility index (Phi) is 5.43. The van der Waals surface area contributed by atoms with Crippen LogP contribution < -0.4 is 0 Å². The SMILES string of the molecule is c1ccc(-c2ccc(-n3c4ccccc4c4ccc5c(c6ccccc6n5-c5cnc(-c6ccccc6)cn5)c43)nc2)cc1. The molecule has 0 fully saturated rings. The minimum Gasteiger partial charge on any atom is -0.293 e. The standard InChI is InChI=1S/C39H25N5/c1-3-11-26(12-4-1)28-19-22-36(41-23-28)44-33-17-9-7-15-29(33)30-20-21-35-38(39(30)44)31-16-8-10-18-34(31)43(35)37-25-40-32(24-42-37)27-13-5-2-6-14-27/h1-25H. The maximum Gasteiger partial charge on any atom is 0.156 e. The summed E-state index contributed by atoms with van der Waals surface area (Å²) in [6.45, 7) is 0. The Hall–Kier alpha value is -6.07. The summed E-state index contributed by atoms with van der Waals surface area (Å²) in [5, 5.41) is 4.71. The monoisotopic (exact) mass is 563 g/mol. The molecule has 0 saturated carbocycles. The molecule has 4 heterocycles. The summed E-state index contributed by atoms with van der Waals surface area (Å²) in [7, 11) is 0. The Morgan fingerprint density at radius 3 is 1.73 bits per heavy atom. The summed E-state index contributed by atoms with van der Waals surface area (Å²) in [5.74, 6) is 1.66. The second-order valence-electron chi connectivity index (χ2n) is 11.0. The lowest BCUT2D eigenvalue weighted by Gasteiger charge is -2.10. The predicted octanol–water partition coefficient (Wildman–Crippen LogP) is 9.40. The van der Waals surface area contributed by atoms with Crippen LogP contribution in [-0.2, 0) is 0 Å². The van der Waals surface area contributed by atoms with E-state index >= 15 is 0 Å². The van der Waals surface area contributed by atoms with Crippen LogP contribution in [0, 0.1) is 0 Å². The molecule has 0 spiro atoms. The minimum atomic E-state index is 0.781.